The van der Waals surface area contributed by atoms with E-state index in [-0.39, 0.29) is 34.0 Å². The lowest BCUT2D eigenvalue weighted by molar-refractivity contribution is 0.0209. The quantitative estimate of drug-likeness (QED) is 0.746. The van der Waals surface area contributed by atoms with E-state index in [1.165, 1.54) is 22.5 Å². The molecule has 0 atom stereocenters. The molecule has 24 heavy (non-hydrogen) atoms. The fraction of sp³-hybridized carbons (Fsp3) is 0.533. The van der Waals surface area contributed by atoms with Gasteiger partial charge in [0.25, 0.3) is 0 Å². The molecule has 1 saturated heterocycles. The molecule has 134 valence electrons. The SMILES string of the molecule is Cl.N#Cc1cc(S(=O)(=O)N2CCC(OCCCN)CC2)ccc1Cl. The molecule has 1 aliphatic rings. The molecule has 0 unspecified atom stereocenters. The van der Waals surface area contributed by atoms with Gasteiger partial charge in [-0.05, 0) is 44.0 Å². The lowest BCUT2D eigenvalue weighted by atomic mass is 10.1. The molecular formula is C15H21Cl2N3O3S. The fourth-order valence-corrected chi connectivity index (χ4v) is 4.13. The molecule has 2 N–H and O–H groups in total. The predicted molar refractivity (Wildman–Crippen MR) is 94.8 cm³/mol. The van der Waals surface area contributed by atoms with Gasteiger partial charge in [0.2, 0.25) is 10.0 Å². The highest BCUT2D eigenvalue weighted by molar-refractivity contribution is 7.89. The number of sulfonamides is 1. The van der Waals surface area contributed by atoms with Crippen LogP contribution >= 0.6 is 24.0 Å². The van der Waals surface area contributed by atoms with Gasteiger partial charge >= 0.3 is 0 Å². The van der Waals surface area contributed by atoms with Crippen molar-refractivity contribution in [2.45, 2.75) is 30.3 Å². The Bertz CT molecular complexity index is 684. The van der Waals surface area contributed by atoms with Crippen molar-refractivity contribution in [2.75, 3.05) is 26.2 Å². The molecule has 1 fully saturated rings. The van der Waals surface area contributed by atoms with E-state index in [0.29, 0.717) is 39.1 Å². The second kappa shape index (κ2) is 9.56. The summed E-state index contributed by atoms with van der Waals surface area (Å²) in [5.74, 6) is 0. The van der Waals surface area contributed by atoms with E-state index in [2.05, 4.69) is 0 Å². The summed E-state index contributed by atoms with van der Waals surface area (Å²) in [5.41, 5.74) is 5.58. The molecule has 0 aliphatic carbocycles. The summed E-state index contributed by atoms with van der Waals surface area (Å²) in [5, 5.41) is 9.24. The van der Waals surface area contributed by atoms with E-state index in [9.17, 15) is 8.42 Å². The Morgan fingerprint density at radius 3 is 2.62 bits per heavy atom. The van der Waals surface area contributed by atoms with E-state index in [1.807, 2.05) is 6.07 Å². The summed E-state index contributed by atoms with van der Waals surface area (Å²) in [4.78, 5) is 0.0981. The number of ether oxygens (including phenoxy) is 1. The van der Waals surface area contributed by atoms with Crippen LogP contribution in [0.15, 0.2) is 23.1 Å². The van der Waals surface area contributed by atoms with E-state index >= 15 is 0 Å². The standard InChI is InChI=1S/C15H20ClN3O3S.ClH/c16-15-3-2-14(10-12(15)11-18)23(20,21)19-7-4-13(5-8-19)22-9-1-6-17;/h2-3,10,13H,1,4-9,17H2;1H. The number of nitrogens with zero attached hydrogens (tertiary/aromatic N) is 2. The summed E-state index contributed by atoms with van der Waals surface area (Å²) in [6.07, 6.45) is 2.19. The summed E-state index contributed by atoms with van der Waals surface area (Å²) in [6, 6.07) is 6.10. The van der Waals surface area contributed by atoms with E-state index in [1.54, 1.807) is 0 Å². The fourth-order valence-electron chi connectivity index (χ4n) is 2.47. The number of rotatable bonds is 6. The zero-order valence-corrected chi connectivity index (χ0v) is 15.5. The summed E-state index contributed by atoms with van der Waals surface area (Å²) >= 11 is 5.86. The second-order valence-electron chi connectivity index (χ2n) is 5.37. The topological polar surface area (TPSA) is 96.4 Å². The minimum absolute atomic E-state index is 0. The van der Waals surface area contributed by atoms with Crippen LogP contribution < -0.4 is 5.73 Å². The second-order valence-corrected chi connectivity index (χ2v) is 7.72. The molecule has 0 amide bonds. The van der Waals surface area contributed by atoms with Crippen molar-refractivity contribution in [3.63, 3.8) is 0 Å². The molecule has 1 heterocycles. The molecule has 9 heteroatoms. The van der Waals surface area contributed by atoms with Gasteiger partial charge in [-0.15, -0.1) is 12.4 Å². The van der Waals surface area contributed by atoms with Gasteiger partial charge in [0.15, 0.2) is 0 Å². The van der Waals surface area contributed by atoms with Gasteiger partial charge in [-0.25, -0.2) is 8.42 Å². The van der Waals surface area contributed by atoms with Gasteiger partial charge in [-0.3, -0.25) is 0 Å². The highest BCUT2D eigenvalue weighted by Crippen LogP contribution is 2.25. The molecular weight excluding hydrogens is 373 g/mol. The van der Waals surface area contributed by atoms with Crippen molar-refractivity contribution in [3.8, 4) is 6.07 Å². The third-order valence-corrected chi connectivity index (χ3v) is 6.02. The van der Waals surface area contributed by atoms with Crippen molar-refractivity contribution >= 4 is 34.0 Å². The Hall–Kier alpha value is -0.880. The lowest BCUT2D eigenvalue weighted by Gasteiger charge is -2.31. The molecule has 0 radical (unpaired) electrons. The maximum Gasteiger partial charge on any atom is 0.243 e. The Labute approximate surface area is 154 Å². The zero-order valence-electron chi connectivity index (χ0n) is 13.2. The van der Waals surface area contributed by atoms with E-state index in [4.69, 9.17) is 27.3 Å². The number of hydrogen-bond acceptors (Lipinski definition) is 5. The van der Waals surface area contributed by atoms with Crippen LogP contribution in [0.4, 0.5) is 0 Å². The van der Waals surface area contributed by atoms with Gasteiger partial charge in [0.05, 0.1) is 21.6 Å². The third-order valence-electron chi connectivity index (χ3n) is 3.80. The molecule has 1 aromatic carbocycles. The van der Waals surface area contributed by atoms with Crippen molar-refractivity contribution < 1.29 is 13.2 Å². The highest BCUT2D eigenvalue weighted by atomic mass is 35.5. The molecule has 0 aromatic heterocycles. The third kappa shape index (κ3) is 5.06. The van der Waals surface area contributed by atoms with Crippen LogP contribution in [0.2, 0.25) is 5.02 Å². The zero-order chi connectivity index (χ0) is 16.9. The van der Waals surface area contributed by atoms with Crippen LogP contribution in [0.25, 0.3) is 0 Å². The van der Waals surface area contributed by atoms with Crippen LogP contribution in [-0.4, -0.2) is 45.1 Å². The van der Waals surface area contributed by atoms with Gasteiger partial charge in [0, 0.05) is 19.7 Å². The van der Waals surface area contributed by atoms with Gasteiger partial charge in [-0.1, -0.05) is 11.6 Å². The van der Waals surface area contributed by atoms with Gasteiger partial charge in [-0.2, -0.15) is 9.57 Å². The Kier molecular flexibility index (Phi) is 8.43. The number of benzene rings is 1. The van der Waals surface area contributed by atoms with Gasteiger partial charge < -0.3 is 10.5 Å². The normalized spacial score (nSPS) is 16.4. The maximum atomic E-state index is 12.6. The minimum Gasteiger partial charge on any atom is -0.378 e. The smallest absolute Gasteiger partial charge is 0.243 e. The number of halogens is 2. The van der Waals surface area contributed by atoms with Crippen LogP contribution in [0, 0.1) is 11.3 Å². The summed E-state index contributed by atoms with van der Waals surface area (Å²) < 4.78 is 32.4. The van der Waals surface area contributed by atoms with Crippen molar-refractivity contribution in [3.05, 3.63) is 28.8 Å². The molecule has 0 bridgehead atoms. The Morgan fingerprint density at radius 1 is 1.38 bits per heavy atom. The molecule has 1 aliphatic heterocycles. The number of piperidine rings is 1. The molecule has 6 nitrogen and oxygen atoms in total. The molecule has 0 saturated carbocycles. The average molecular weight is 394 g/mol. The van der Waals surface area contributed by atoms with Gasteiger partial charge in [0.1, 0.15) is 6.07 Å². The predicted octanol–water partition coefficient (Wildman–Crippen LogP) is 2.15. The first kappa shape index (κ1) is 21.2. The molecule has 1 aromatic rings. The monoisotopic (exact) mass is 393 g/mol. The van der Waals surface area contributed by atoms with Crippen molar-refractivity contribution in [1.29, 1.82) is 5.26 Å². The minimum atomic E-state index is -3.61. The summed E-state index contributed by atoms with van der Waals surface area (Å²) in [7, 11) is -3.61. The van der Waals surface area contributed by atoms with E-state index in [0.717, 1.165) is 6.42 Å². The average Bonchev–Trinajstić information content (AvgIpc) is 2.56. The van der Waals surface area contributed by atoms with Crippen LogP contribution in [0.5, 0.6) is 0 Å². The first-order chi connectivity index (χ1) is 11.0. The number of hydrogen-bond donors (Lipinski definition) is 1. The van der Waals surface area contributed by atoms with Crippen LogP contribution in [-0.2, 0) is 14.8 Å². The Morgan fingerprint density at radius 2 is 2.04 bits per heavy atom. The number of nitrogens with two attached hydrogens (primary N) is 1. The Balaban J connectivity index is 0.00000288. The molecule has 0 spiro atoms. The van der Waals surface area contributed by atoms with Crippen LogP contribution in [0.1, 0.15) is 24.8 Å². The molecule has 2 rings (SSSR count). The van der Waals surface area contributed by atoms with E-state index < -0.39 is 10.0 Å². The largest absolute Gasteiger partial charge is 0.378 e. The summed E-state index contributed by atoms with van der Waals surface area (Å²) in [6.45, 7) is 2.00. The van der Waals surface area contributed by atoms with Crippen molar-refractivity contribution in [1.82, 2.24) is 4.31 Å². The first-order valence-corrected chi connectivity index (χ1v) is 9.32. The maximum absolute atomic E-state index is 12.6. The number of nitriles is 1. The van der Waals surface area contributed by atoms with Crippen molar-refractivity contribution in [2.24, 2.45) is 5.73 Å². The lowest BCUT2D eigenvalue weighted by Crippen LogP contribution is -2.41. The van der Waals surface area contributed by atoms with Crippen LogP contribution in [0.3, 0.4) is 0 Å². The highest BCUT2D eigenvalue weighted by Gasteiger charge is 2.30. The first-order valence-electron chi connectivity index (χ1n) is 7.50.